The van der Waals surface area contributed by atoms with Crippen LogP contribution in [-0.2, 0) is 6.54 Å². The zero-order valence-corrected chi connectivity index (χ0v) is 19.1. The number of ether oxygens (including phenoxy) is 2. The molecule has 1 aliphatic carbocycles. The minimum atomic E-state index is -0.191. The monoisotopic (exact) mass is 444 g/mol. The summed E-state index contributed by atoms with van der Waals surface area (Å²) in [6, 6.07) is 18.9. The number of rotatable bonds is 8. The lowest BCUT2D eigenvalue weighted by molar-refractivity contribution is 0.0942. The average molecular weight is 445 g/mol. The highest BCUT2D eigenvalue weighted by molar-refractivity contribution is 5.97. The molecule has 0 heterocycles. The summed E-state index contributed by atoms with van der Waals surface area (Å²) in [6.45, 7) is 2.30. The first kappa shape index (κ1) is 22.4. The summed E-state index contributed by atoms with van der Waals surface area (Å²) >= 11 is 0. The molecule has 3 aromatic carbocycles. The minimum absolute atomic E-state index is 0.0403. The molecule has 2 amide bonds. The number of hydrogen-bond acceptors (Lipinski definition) is 4. The highest BCUT2D eigenvalue weighted by atomic mass is 16.5. The molecule has 33 heavy (non-hydrogen) atoms. The molecule has 3 aromatic rings. The van der Waals surface area contributed by atoms with Crippen molar-refractivity contribution < 1.29 is 19.1 Å². The lowest BCUT2D eigenvalue weighted by Crippen LogP contribution is -2.25. The van der Waals surface area contributed by atoms with E-state index in [0.717, 1.165) is 35.1 Å². The summed E-state index contributed by atoms with van der Waals surface area (Å²) in [6.07, 6.45) is 2.11. The van der Waals surface area contributed by atoms with Gasteiger partial charge in [-0.2, -0.15) is 0 Å². The van der Waals surface area contributed by atoms with Gasteiger partial charge in [-0.15, -0.1) is 0 Å². The van der Waals surface area contributed by atoms with E-state index in [4.69, 9.17) is 9.47 Å². The largest absolute Gasteiger partial charge is 0.496 e. The van der Waals surface area contributed by atoms with Crippen molar-refractivity contribution in [2.24, 2.45) is 0 Å². The Balaban J connectivity index is 1.47. The van der Waals surface area contributed by atoms with Gasteiger partial charge in [-0.3, -0.25) is 9.59 Å². The summed E-state index contributed by atoms with van der Waals surface area (Å²) in [7, 11) is 3.18. The first-order valence-electron chi connectivity index (χ1n) is 11.0. The van der Waals surface area contributed by atoms with Gasteiger partial charge in [-0.1, -0.05) is 24.3 Å². The first-order chi connectivity index (χ1) is 16.0. The van der Waals surface area contributed by atoms with E-state index in [9.17, 15) is 9.59 Å². The molecular weight excluding hydrogens is 416 g/mol. The lowest BCUT2D eigenvalue weighted by atomic mass is 9.97. The van der Waals surface area contributed by atoms with E-state index in [1.807, 2.05) is 55.5 Å². The second kappa shape index (κ2) is 9.77. The van der Waals surface area contributed by atoms with Crippen molar-refractivity contribution in [2.45, 2.75) is 32.4 Å². The number of methoxy groups -OCH3 is 2. The second-order valence-corrected chi connectivity index (χ2v) is 8.18. The number of benzene rings is 3. The molecule has 4 rings (SSSR count). The molecule has 0 spiro atoms. The molecule has 1 fully saturated rings. The molecule has 170 valence electrons. The van der Waals surface area contributed by atoms with Crippen molar-refractivity contribution in [3.8, 4) is 22.6 Å². The van der Waals surface area contributed by atoms with Gasteiger partial charge in [-0.25, -0.2) is 0 Å². The fourth-order valence-electron chi connectivity index (χ4n) is 3.74. The third-order valence-electron chi connectivity index (χ3n) is 5.83. The second-order valence-electron chi connectivity index (χ2n) is 8.18. The Morgan fingerprint density at radius 1 is 0.879 bits per heavy atom. The van der Waals surface area contributed by atoms with Gasteiger partial charge < -0.3 is 20.1 Å². The van der Waals surface area contributed by atoms with Crippen molar-refractivity contribution in [1.82, 2.24) is 10.6 Å². The summed E-state index contributed by atoms with van der Waals surface area (Å²) in [4.78, 5) is 25.2. The maximum Gasteiger partial charge on any atom is 0.251 e. The molecule has 6 nitrogen and oxygen atoms in total. The van der Waals surface area contributed by atoms with Crippen LogP contribution in [0.3, 0.4) is 0 Å². The number of carbonyl (C=O) groups excluding carboxylic acids is 2. The van der Waals surface area contributed by atoms with Crippen LogP contribution in [0.4, 0.5) is 0 Å². The Morgan fingerprint density at radius 3 is 2.12 bits per heavy atom. The number of carbonyl (C=O) groups is 2. The maximum absolute atomic E-state index is 12.7. The van der Waals surface area contributed by atoms with Crippen LogP contribution in [0.5, 0.6) is 11.5 Å². The Hall–Kier alpha value is -3.80. The number of nitrogens with one attached hydrogen (secondary N) is 2. The van der Waals surface area contributed by atoms with Crippen molar-refractivity contribution in [3.05, 3.63) is 82.9 Å². The SMILES string of the molecule is COc1cccc(OC)c1CNC(=O)c1ccc(-c2cc(C(=O)NC3CC3)ccc2C)cc1. The molecular formula is C27H28N2O4. The lowest BCUT2D eigenvalue weighted by Gasteiger charge is -2.14. The summed E-state index contributed by atoms with van der Waals surface area (Å²) in [5.74, 6) is 1.09. The number of amides is 2. The average Bonchev–Trinajstić information content (AvgIpc) is 3.66. The first-order valence-corrected chi connectivity index (χ1v) is 11.0. The van der Waals surface area contributed by atoms with Gasteiger partial charge in [0.1, 0.15) is 11.5 Å². The van der Waals surface area contributed by atoms with E-state index < -0.39 is 0 Å². The van der Waals surface area contributed by atoms with E-state index in [0.29, 0.717) is 28.7 Å². The number of aryl methyl sites for hydroxylation is 1. The van der Waals surface area contributed by atoms with Gasteiger partial charge in [0, 0.05) is 17.2 Å². The van der Waals surface area contributed by atoms with Crippen molar-refractivity contribution in [2.75, 3.05) is 14.2 Å². The zero-order chi connectivity index (χ0) is 23.4. The minimum Gasteiger partial charge on any atom is -0.496 e. The van der Waals surface area contributed by atoms with E-state index in [1.165, 1.54) is 0 Å². The maximum atomic E-state index is 12.7. The van der Waals surface area contributed by atoms with Gasteiger partial charge in [0.25, 0.3) is 11.8 Å². The summed E-state index contributed by atoms with van der Waals surface area (Å²) in [5, 5.41) is 5.96. The zero-order valence-electron chi connectivity index (χ0n) is 19.1. The Bertz CT molecular complexity index is 1140. The van der Waals surface area contributed by atoms with Crippen LogP contribution in [0.1, 0.15) is 44.7 Å². The predicted molar refractivity (Wildman–Crippen MR) is 128 cm³/mol. The smallest absolute Gasteiger partial charge is 0.251 e. The Morgan fingerprint density at radius 2 is 1.52 bits per heavy atom. The standard InChI is InChI=1S/C27H28N2O4/c1-17-7-8-20(27(31)29-21-13-14-21)15-22(17)18-9-11-19(12-10-18)26(30)28-16-23-24(32-2)5-4-6-25(23)33-3/h4-12,15,21H,13-14,16H2,1-3H3,(H,28,30)(H,29,31). The predicted octanol–water partition coefficient (Wildman–Crippen LogP) is 4.50. The van der Waals surface area contributed by atoms with Crippen LogP contribution in [0.2, 0.25) is 0 Å². The van der Waals surface area contributed by atoms with Crippen molar-refractivity contribution in [1.29, 1.82) is 0 Å². The van der Waals surface area contributed by atoms with Gasteiger partial charge in [0.2, 0.25) is 0 Å². The molecule has 0 unspecified atom stereocenters. The molecule has 0 saturated heterocycles. The van der Waals surface area contributed by atoms with Crippen LogP contribution < -0.4 is 20.1 Å². The van der Waals surface area contributed by atoms with Crippen LogP contribution in [0, 0.1) is 6.92 Å². The van der Waals surface area contributed by atoms with Crippen LogP contribution >= 0.6 is 0 Å². The van der Waals surface area contributed by atoms with Crippen LogP contribution in [0.15, 0.2) is 60.7 Å². The third-order valence-corrected chi connectivity index (χ3v) is 5.83. The van der Waals surface area contributed by atoms with Crippen molar-refractivity contribution in [3.63, 3.8) is 0 Å². The number of hydrogen-bond donors (Lipinski definition) is 2. The van der Waals surface area contributed by atoms with E-state index in [2.05, 4.69) is 10.6 Å². The van der Waals surface area contributed by atoms with E-state index in [-0.39, 0.29) is 18.4 Å². The third kappa shape index (κ3) is 5.17. The summed E-state index contributed by atoms with van der Waals surface area (Å²) < 4.78 is 10.8. The Labute approximate surface area is 193 Å². The highest BCUT2D eigenvalue weighted by Gasteiger charge is 2.24. The Kier molecular flexibility index (Phi) is 6.63. The molecule has 2 N–H and O–H groups in total. The van der Waals surface area contributed by atoms with Gasteiger partial charge in [0.15, 0.2) is 0 Å². The van der Waals surface area contributed by atoms with E-state index in [1.54, 1.807) is 26.4 Å². The van der Waals surface area contributed by atoms with Crippen LogP contribution in [0.25, 0.3) is 11.1 Å². The molecule has 0 aliphatic heterocycles. The molecule has 1 saturated carbocycles. The normalized spacial score (nSPS) is 12.7. The van der Waals surface area contributed by atoms with Gasteiger partial charge in [-0.05, 0) is 72.9 Å². The van der Waals surface area contributed by atoms with Gasteiger partial charge >= 0.3 is 0 Å². The fraction of sp³-hybridized carbons (Fsp3) is 0.259. The van der Waals surface area contributed by atoms with Crippen molar-refractivity contribution >= 4 is 11.8 Å². The molecule has 0 bridgehead atoms. The fourth-order valence-corrected chi connectivity index (χ4v) is 3.74. The quantitative estimate of drug-likeness (QED) is 0.536. The van der Waals surface area contributed by atoms with Gasteiger partial charge in [0.05, 0.1) is 26.3 Å². The van der Waals surface area contributed by atoms with Crippen LogP contribution in [-0.4, -0.2) is 32.1 Å². The molecule has 0 atom stereocenters. The molecule has 6 heteroatoms. The van der Waals surface area contributed by atoms with E-state index >= 15 is 0 Å². The highest BCUT2D eigenvalue weighted by Crippen LogP contribution is 2.29. The molecule has 0 aromatic heterocycles. The summed E-state index contributed by atoms with van der Waals surface area (Å²) in [5.41, 5.74) is 4.98. The topological polar surface area (TPSA) is 76.7 Å². The molecule has 0 radical (unpaired) electrons. The molecule has 1 aliphatic rings.